The van der Waals surface area contributed by atoms with E-state index in [4.69, 9.17) is 0 Å². The summed E-state index contributed by atoms with van der Waals surface area (Å²) in [7, 11) is 3.30. The second-order valence-electron chi connectivity index (χ2n) is 0.986. The molecule has 2 nitrogen and oxygen atoms in total. The van der Waals surface area contributed by atoms with Crippen molar-refractivity contribution >= 4 is 0 Å². The summed E-state index contributed by atoms with van der Waals surface area (Å²) in [5.41, 5.74) is 0. The Balaban J connectivity index is 0. The molecule has 0 atom stereocenters. The number of methoxy groups -OCH3 is 2. The van der Waals surface area contributed by atoms with E-state index in [0.29, 0.717) is 13.2 Å². The van der Waals surface area contributed by atoms with E-state index in [9.17, 15) is 0 Å². The van der Waals surface area contributed by atoms with Crippen molar-refractivity contribution < 1.29 is 60.9 Å². The SMILES string of the molecule is COCCOC.[K+]. The smallest absolute Gasteiger partial charge is 0.382 e. The largest absolute Gasteiger partial charge is 1.00 e. The Kier molecular flexibility index (Phi) is 17.1. The van der Waals surface area contributed by atoms with Gasteiger partial charge in [0.2, 0.25) is 0 Å². The third-order valence-electron chi connectivity index (χ3n) is 0.492. The van der Waals surface area contributed by atoms with E-state index < -0.39 is 0 Å². The second-order valence-corrected chi connectivity index (χ2v) is 0.986. The summed E-state index contributed by atoms with van der Waals surface area (Å²) in [5.74, 6) is 0. The molecule has 0 amide bonds. The summed E-state index contributed by atoms with van der Waals surface area (Å²) in [6, 6.07) is 0. The molecule has 0 aromatic heterocycles. The molecular weight excluding hydrogens is 119 g/mol. The van der Waals surface area contributed by atoms with Crippen LogP contribution >= 0.6 is 0 Å². The summed E-state index contributed by atoms with van der Waals surface area (Å²) in [4.78, 5) is 0. The average Bonchev–Trinajstić information content (AvgIpc) is 1.61. The third-order valence-corrected chi connectivity index (χ3v) is 0.492. The maximum absolute atomic E-state index is 4.66. The molecule has 0 spiro atoms. The van der Waals surface area contributed by atoms with Crippen molar-refractivity contribution in [3.63, 3.8) is 0 Å². The standard InChI is InChI=1S/C4H10O2.K/c1-5-3-4-6-2;/h3-4H2,1-2H3;/q;+1. The van der Waals surface area contributed by atoms with Gasteiger partial charge < -0.3 is 9.47 Å². The van der Waals surface area contributed by atoms with Crippen LogP contribution < -0.4 is 51.4 Å². The van der Waals surface area contributed by atoms with Gasteiger partial charge in [0, 0.05) is 14.2 Å². The van der Waals surface area contributed by atoms with Gasteiger partial charge in [-0.2, -0.15) is 0 Å². The zero-order valence-corrected chi connectivity index (χ0v) is 8.35. The maximum atomic E-state index is 4.66. The van der Waals surface area contributed by atoms with Crippen molar-refractivity contribution in [1.82, 2.24) is 0 Å². The molecule has 0 saturated heterocycles. The van der Waals surface area contributed by atoms with Gasteiger partial charge in [-0.3, -0.25) is 0 Å². The molecule has 0 radical (unpaired) electrons. The van der Waals surface area contributed by atoms with Crippen LogP contribution in [0.3, 0.4) is 0 Å². The average molecular weight is 129 g/mol. The van der Waals surface area contributed by atoms with Crippen LogP contribution in [-0.2, 0) is 9.47 Å². The first-order valence-electron chi connectivity index (χ1n) is 1.89. The van der Waals surface area contributed by atoms with Crippen LogP contribution in [0.15, 0.2) is 0 Å². The van der Waals surface area contributed by atoms with Gasteiger partial charge in [-0.15, -0.1) is 0 Å². The molecule has 7 heavy (non-hydrogen) atoms. The topological polar surface area (TPSA) is 18.5 Å². The number of ether oxygens (including phenoxy) is 2. The molecule has 3 heteroatoms. The molecule has 0 aromatic rings. The number of hydrogen-bond donors (Lipinski definition) is 0. The summed E-state index contributed by atoms with van der Waals surface area (Å²) in [6.45, 7) is 1.38. The normalized spacial score (nSPS) is 7.71. The van der Waals surface area contributed by atoms with E-state index in [2.05, 4.69) is 9.47 Å². The Morgan fingerprint density at radius 2 is 1.29 bits per heavy atom. The first-order valence-corrected chi connectivity index (χ1v) is 1.89. The van der Waals surface area contributed by atoms with Crippen molar-refractivity contribution in [2.45, 2.75) is 0 Å². The van der Waals surface area contributed by atoms with Gasteiger partial charge in [-0.1, -0.05) is 0 Å². The van der Waals surface area contributed by atoms with E-state index >= 15 is 0 Å². The van der Waals surface area contributed by atoms with Crippen molar-refractivity contribution in [3.8, 4) is 0 Å². The monoisotopic (exact) mass is 129 g/mol. The molecule has 0 aliphatic rings. The van der Waals surface area contributed by atoms with Gasteiger partial charge in [0.05, 0.1) is 13.2 Å². The van der Waals surface area contributed by atoms with Crippen LogP contribution in [-0.4, -0.2) is 27.4 Å². The van der Waals surface area contributed by atoms with Crippen LogP contribution in [0.25, 0.3) is 0 Å². The van der Waals surface area contributed by atoms with Gasteiger partial charge >= 0.3 is 51.4 Å². The van der Waals surface area contributed by atoms with Crippen LogP contribution in [0.5, 0.6) is 0 Å². The zero-order valence-electron chi connectivity index (χ0n) is 5.23. The molecule has 0 saturated carbocycles. The fraction of sp³-hybridized carbons (Fsp3) is 1.00. The quantitative estimate of drug-likeness (QED) is 0.304. The minimum atomic E-state index is 0. The summed E-state index contributed by atoms with van der Waals surface area (Å²) < 4.78 is 9.31. The summed E-state index contributed by atoms with van der Waals surface area (Å²) in [5, 5.41) is 0. The molecule has 0 bridgehead atoms. The Morgan fingerprint density at radius 1 is 1.00 bits per heavy atom. The van der Waals surface area contributed by atoms with Gasteiger partial charge in [-0.25, -0.2) is 0 Å². The maximum Gasteiger partial charge on any atom is 1.00 e. The number of hydrogen-bond acceptors (Lipinski definition) is 2. The Bertz CT molecular complexity index is 21.7. The van der Waals surface area contributed by atoms with E-state index in [1.165, 1.54) is 0 Å². The van der Waals surface area contributed by atoms with Gasteiger partial charge in [0.1, 0.15) is 0 Å². The molecular formula is C4H10KO2+. The van der Waals surface area contributed by atoms with Crippen LogP contribution in [0.4, 0.5) is 0 Å². The minimum Gasteiger partial charge on any atom is -0.382 e. The molecule has 0 N–H and O–H groups in total. The molecule has 0 aliphatic heterocycles. The molecule has 0 unspecified atom stereocenters. The predicted molar refractivity (Wildman–Crippen MR) is 23.8 cm³/mol. The van der Waals surface area contributed by atoms with Crippen LogP contribution in [0, 0.1) is 0 Å². The molecule has 0 heterocycles. The second kappa shape index (κ2) is 10.5. The molecule has 0 aromatic carbocycles. The first-order chi connectivity index (χ1) is 2.91. The molecule has 0 aliphatic carbocycles. The van der Waals surface area contributed by atoms with E-state index in [-0.39, 0.29) is 51.4 Å². The van der Waals surface area contributed by atoms with Crippen molar-refractivity contribution in [2.24, 2.45) is 0 Å². The van der Waals surface area contributed by atoms with Gasteiger partial charge in [0.15, 0.2) is 0 Å². The first kappa shape index (κ1) is 11.4. The fourth-order valence-electron chi connectivity index (χ4n) is 0.167. The van der Waals surface area contributed by atoms with Crippen molar-refractivity contribution in [3.05, 3.63) is 0 Å². The predicted octanol–water partition coefficient (Wildman–Crippen LogP) is -2.72. The summed E-state index contributed by atoms with van der Waals surface area (Å²) in [6.07, 6.45) is 0. The van der Waals surface area contributed by atoms with E-state index in [0.717, 1.165) is 0 Å². The molecule has 0 rings (SSSR count). The Hall–Kier alpha value is 1.56. The van der Waals surface area contributed by atoms with Crippen LogP contribution in [0.2, 0.25) is 0 Å². The van der Waals surface area contributed by atoms with Gasteiger partial charge in [0.25, 0.3) is 0 Å². The minimum absolute atomic E-state index is 0. The van der Waals surface area contributed by atoms with Crippen molar-refractivity contribution in [1.29, 1.82) is 0 Å². The Morgan fingerprint density at radius 3 is 1.43 bits per heavy atom. The number of rotatable bonds is 3. The Labute approximate surface area is 87.0 Å². The van der Waals surface area contributed by atoms with Crippen molar-refractivity contribution in [2.75, 3.05) is 27.4 Å². The third kappa shape index (κ3) is 11.2. The molecule has 38 valence electrons. The van der Waals surface area contributed by atoms with Crippen LogP contribution in [0.1, 0.15) is 0 Å². The molecule has 0 fully saturated rings. The van der Waals surface area contributed by atoms with E-state index in [1.807, 2.05) is 0 Å². The fourth-order valence-corrected chi connectivity index (χ4v) is 0.167. The van der Waals surface area contributed by atoms with Gasteiger partial charge in [-0.05, 0) is 0 Å². The van der Waals surface area contributed by atoms with E-state index in [1.54, 1.807) is 14.2 Å². The summed E-state index contributed by atoms with van der Waals surface area (Å²) >= 11 is 0. The zero-order chi connectivity index (χ0) is 4.83.